The van der Waals surface area contributed by atoms with E-state index in [-0.39, 0.29) is 18.2 Å². The molecule has 0 aliphatic carbocycles. The maximum Gasteiger partial charge on any atom is 0.307 e. The van der Waals surface area contributed by atoms with E-state index in [1.807, 2.05) is 0 Å². The van der Waals surface area contributed by atoms with Crippen LogP contribution < -0.4 is 9.47 Å². The zero-order valence-electron chi connectivity index (χ0n) is 11.1. The van der Waals surface area contributed by atoms with E-state index in [1.54, 1.807) is 0 Å². The van der Waals surface area contributed by atoms with Crippen LogP contribution in [0.3, 0.4) is 0 Å². The van der Waals surface area contributed by atoms with Gasteiger partial charge in [0.05, 0.1) is 10.8 Å². The molecule has 20 heavy (non-hydrogen) atoms. The van der Waals surface area contributed by atoms with Crippen molar-refractivity contribution < 1.29 is 27.8 Å². The second kappa shape index (κ2) is 5.29. The highest BCUT2D eigenvalue weighted by Crippen LogP contribution is 2.34. The van der Waals surface area contributed by atoms with Crippen LogP contribution in [-0.2, 0) is 14.8 Å². The van der Waals surface area contributed by atoms with Gasteiger partial charge in [-0.3, -0.25) is 4.79 Å². The molecule has 1 N–H and O–H groups in total. The lowest BCUT2D eigenvalue weighted by atomic mass is 10.2. The number of benzene rings is 1. The normalized spacial score (nSPS) is 15.3. The molecular weight excluding hydrogens is 286 g/mol. The van der Waals surface area contributed by atoms with Crippen molar-refractivity contribution in [3.05, 3.63) is 18.2 Å². The van der Waals surface area contributed by atoms with Crippen LogP contribution in [0, 0.1) is 5.92 Å². The van der Waals surface area contributed by atoms with Crippen molar-refractivity contribution in [2.24, 2.45) is 5.92 Å². The summed E-state index contributed by atoms with van der Waals surface area (Å²) in [4.78, 5) is 10.8. The summed E-state index contributed by atoms with van der Waals surface area (Å²) in [6, 6.07) is 4.30. The molecule has 110 valence electrons. The smallest absolute Gasteiger partial charge is 0.307 e. The molecule has 1 heterocycles. The van der Waals surface area contributed by atoms with E-state index in [4.69, 9.17) is 14.6 Å². The lowest BCUT2D eigenvalue weighted by molar-refractivity contribution is -0.141. The molecular formula is C12H15NO6S. The average molecular weight is 301 g/mol. The number of rotatable bonds is 5. The Morgan fingerprint density at radius 3 is 2.70 bits per heavy atom. The molecule has 0 saturated carbocycles. The molecule has 1 aliphatic rings. The third kappa shape index (κ3) is 2.70. The number of carboxylic acid groups (broad SMARTS) is 1. The number of nitrogens with zero attached hydrogens (tertiary/aromatic N) is 1. The van der Waals surface area contributed by atoms with E-state index in [2.05, 4.69) is 0 Å². The SMILES string of the molecule is CC(CN(C)S(=O)(=O)c1ccc2c(c1)OCO2)C(=O)O. The minimum atomic E-state index is -3.75. The number of hydrogen-bond donors (Lipinski definition) is 1. The predicted octanol–water partition coefficient (Wildman–Crippen LogP) is 0.757. The van der Waals surface area contributed by atoms with E-state index in [1.165, 1.54) is 32.2 Å². The van der Waals surface area contributed by atoms with Crippen LogP contribution in [0.4, 0.5) is 0 Å². The van der Waals surface area contributed by atoms with Gasteiger partial charge in [0.2, 0.25) is 16.8 Å². The van der Waals surface area contributed by atoms with Crippen LogP contribution in [0.5, 0.6) is 11.5 Å². The number of carboxylic acids is 1. The summed E-state index contributed by atoms with van der Waals surface area (Å²) in [6.07, 6.45) is 0. The van der Waals surface area contributed by atoms with Gasteiger partial charge in [0.1, 0.15) is 0 Å². The molecule has 0 saturated heterocycles. The van der Waals surface area contributed by atoms with Crippen molar-refractivity contribution in [2.45, 2.75) is 11.8 Å². The van der Waals surface area contributed by atoms with E-state index in [0.29, 0.717) is 11.5 Å². The highest BCUT2D eigenvalue weighted by molar-refractivity contribution is 7.89. The molecule has 1 aliphatic heterocycles. The van der Waals surface area contributed by atoms with Crippen molar-refractivity contribution >= 4 is 16.0 Å². The third-order valence-corrected chi connectivity index (χ3v) is 4.82. The number of aliphatic carboxylic acids is 1. The molecule has 0 aromatic heterocycles. The molecule has 2 rings (SSSR count). The van der Waals surface area contributed by atoms with Gasteiger partial charge in [-0.15, -0.1) is 0 Å². The average Bonchev–Trinajstić information content (AvgIpc) is 2.85. The van der Waals surface area contributed by atoms with Crippen LogP contribution in [0.15, 0.2) is 23.1 Å². The first-order valence-electron chi connectivity index (χ1n) is 5.91. The maximum atomic E-state index is 12.3. The van der Waals surface area contributed by atoms with E-state index < -0.39 is 21.9 Å². The Hall–Kier alpha value is -1.80. The van der Waals surface area contributed by atoms with Gasteiger partial charge in [-0.2, -0.15) is 0 Å². The molecule has 0 fully saturated rings. The fourth-order valence-corrected chi connectivity index (χ4v) is 3.05. The van der Waals surface area contributed by atoms with Crippen molar-refractivity contribution in [1.29, 1.82) is 0 Å². The predicted molar refractivity (Wildman–Crippen MR) is 69.2 cm³/mol. The third-order valence-electron chi connectivity index (χ3n) is 3.00. The highest BCUT2D eigenvalue weighted by atomic mass is 32.2. The quantitative estimate of drug-likeness (QED) is 0.863. The lowest BCUT2D eigenvalue weighted by Gasteiger charge is -2.19. The first-order valence-corrected chi connectivity index (χ1v) is 7.35. The van der Waals surface area contributed by atoms with Gasteiger partial charge in [0.15, 0.2) is 11.5 Å². The number of ether oxygens (including phenoxy) is 2. The Bertz CT molecular complexity index is 627. The zero-order valence-corrected chi connectivity index (χ0v) is 11.9. The summed E-state index contributed by atoms with van der Waals surface area (Å²) in [5.41, 5.74) is 0. The highest BCUT2D eigenvalue weighted by Gasteiger charge is 2.26. The van der Waals surface area contributed by atoms with Crippen LogP contribution in [0.25, 0.3) is 0 Å². The summed E-state index contributed by atoms with van der Waals surface area (Å²) in [7, 11) is -2.41. The van der Waals surface area contributed by atoms with Crippen molar-refractivity contribution in [3.8, 4) is 11.5 Å². The van der Waals surface area contributed by atoms with Gasteiger partial charge in [-0.05, 0) is 12.1 Å². The van der Waals surface area contributed by atoms with Crippen LogP contribution >= 0.6 is 0 Å². The second-order valence-corrected chi connectivity index (χ2v) is 6.58. The van der Waals surface area contributed by atoms with Gasteiger partial charge in [0, 0.05) is 19.7 Å². The van der Waals surface area contributed by atoms with E-state index in [9.17, 15) is 13.2 Å². The van der Waals surface area contributed by atoms with Crippen LogP contribution in [0.2, 0.25) is 0 Å². The molecule has 1 aromatic carbocycles. The summed E-state index contributed by atoms with van der Waals surface area (Å²) < 4.78 is 35.9. The Morgan fingerprint density at radius 2 is 2.05 bits per heavy atom. The fourth-order valence-electron chi connectivity index (χ4n) is 1.78. The number of carbonyl (C=O) groups is 1. The minimum Gasteiger partial charge on any atom is -0.481 e. The summed E-state index contributed by atoms with van der Waals surface area (Å²) in [5.74, 6) is -0.974. The van der Waals surface area contributed by atoms with Crippen molar-refractivity contribution in [1.82, 2.24) is 4.31 Å². The van der Waals surface area contributed by atoms with E-state index in [0.717, 1.165) is 4.31 Å². The fraction of sp³-hybridized carbons (Fsp3) is 0.417. The molecule has 7 nitrogen and oxygen atoms in total. The van der Waals surface area contributed by atoms with Gasteiger partial charge in [-0.1, -0.05) is 6.92 Å². The standard InChI is InChI=1S/C12H15NO6S/c1-8(12(14)15)6-13(2)20(16,17)9-3-4-10-11(5-9)19-7-18-10/h3-5,8H,6-7H2,1-2H3,(H,14,15). The summed E-state index contributed by atoms with van der Waals surface area (Å²) in [5, 5.41) is 8.84. The van der Waals surface area contributed by atoms with E-state index >= 15 is 0 Å². The van der Waals surface area contributed by atoms with Crippen LogP contribution in [0.1, 0.15) is 6.92 Å². The Balaban J connectivity index is 2.24. The van der Waals surface area contributed by atoms with Gasteiger partial charge in [0.25, 0.3) is 0 Å². The van der Waals surface area contributed by atoms with Crippen molar-refractivity contribution in [3.63, 3.8) is 0 Å². The summed E-state index contributed by atoms with van der Waals surface area (Å²) in [6.45, 7) is 1.41. The molecule has 1 aromatic rings. The van der Waals surface area contributed by atoms with Gasteiger partial charge in [-0.25, -0.2) is 12.7 Å². The Labute approximate surface area is 116 Å². The molecule has 0 radical (unpaired) electrons. The number of fused-ring (bicyclic) bond motifs is 1. The molecule has 1 atom stereocenters. The molecule has 1 unspecified atom stereocenters. The molecule has 0 bridgehead atoms. The Morgan fingerprint density at radius 1 is 1.40 bits per heavy atom. The number of sulfonamides is 1. The summed E-state index contributed by atoms with van der Waals surface area (Å²) >= 11 is 0. The molecule has 0 amide bonds. The monoisotopic (exact) mass is 301 g/mol. The minimum absolute atomic E-state index is 0.0434. The first kappa shape index (κ1) is 14.6. The van der Waals surface area contributed by atoms with Gasteiger partial charge >= 0.3 is 5.97 Å². The van der Waals surface area contributed by atoms with Crippen molar-refractivity contribution in [2.75, 3.05) is 20.4 Å². The largest absolute Gasteiger partial charge is 0.481 e. The first-order chi connectivity index (χ1) is 9.32. The lowest BCUT2D eigenvalue weighted by Crippen LogP contribution is -2.33. The number of hydrogen-bond acceptors (Lipinski definition) is 5. The van der Waals surface area contributed by atoms with Crippen LogP contribution in [-0.4, -0.2) is 44.2 Å². The second-order valence-electron chi connectivity index (χ2n) is 4.54. The zero-order chi connectivity index (χ0) is 14.9. The molecule has 0 spiro atoms. The Kier molecular flexibility index (Phi) is 3.87. The van der Waals surface area contributed by atoms with Gasteiger partial charge < -0.3 is 14.6 Å². The molecule has 8 heteroatoms. The maximum absolute atomic E-state index is 12.3. The topological polar surface area (TPSA) is 93.1 Å².